The Kier molecular flexibility index (Phi) is 3.94. The van der Waals surface area contributed by atoms with Gasteiger partial charge in [0.15, 0.2) is 9.84 Å². The summed E-state index contributed by atoms with van der Waals surface area (Å²) in [7, 11) is -2.38. The van der Waals surface area contributed by atoms with E-state index in [9.17, 15) is 18.3 Å². The van der Waals surface area contributed by atoms with Gasteiger partial charge in [0.05, 0.1) is 18.9 Å². The summed E-state index contributed by atoms with van der Waals surface area (Å²) in [4.78, 5) is 13.4. The second-order valence-electron chi connectivity index (χ2n) is 4.63. The monoisotopic (exact) mass is 320 g/mol. The largest absolute Gasteiger partial charge is 0.465 e. The number of sulfone groups is 1. The van der Waals surface area contributed by atoms with Crippen molar-refractivity contribution < 1.29 is 23.1 Å². The second kappa shape index (κ2) is 5.23. The smallest absolute Gasteiger partial charge is 0.350 e. The quantitative estimate of drug-likeness (QED) is 0.759. The van der Waals surface area contributed by atoms with Crippen LogP contribution in [-0.4, -0.2) is 52.1 Å². The maximum atomic E-state index is 11.9. The normalized spacial score (nSPS) is 19.4. The van der Waals surface area contributed by atoms with Crippen molar-refractivity contribution in [1.29, 1.82) is 0 Å². The molecule has 2 heterocycles. The van der Waals surface area contributed by atoms with E-state index in [2.05, 4.69) is 4.74 Å². The molecule has 0 aromatic carbocycles. The molecule has 0 amide bonds. The molecule has 112 valence electrons. The number of anilines is 2. The van der Waals surface area contributed by atoms with E-state index < -0.39 is 21.9 Å². The Bertz CT molecular complexity index is 637. The number of aliphatic hydroxyl groups excluding tert-OH is 1. The molecule has 0 spiro atoms. The van der Waals surface area contributed by atoms with Gasteiger partial charge in [-0.25, -0.2) is 13.2 Å². The van der Waals surface area contributed by atoms with Gasteiger partial charge in [0.25, 0.3) is 0 Å². The molecule has 9 heteroatoms. The fraction of sp³-hybridized carbons (Fsp3) is 0.545. The van der Waals surface area contributed by atoms with Crippen LogP contribution in [0.5, 0.6) is 0 Å². The fourth-order valence-corrected chi connectivity index (χ4v) is 4.81. The highest BCUT2D eigenvalue weighted by Crippen LogP contribution is 2.42. The van der Waals surface area contributed by atoms with Crippen LogP contribution in [0, 0.1) is 0 Å². The van der Waals surface area contributed by atoms with Crippen molar-refractivity contribution >= 4 is 37.8 Å². The lowest BCUT2D eigenvalue weighted by Crippen LogP contribution is -2.22. The van der Waals surface area contributed by atoms with Crippen LogP contribution in [0.4, 0.5) is 10.7 Å². The number of methoxy groups -OCH3 is 1. The van der Waals surface area contributed by atoms with E-state index in [-0.39, 0.29) is 15.5 Å². The topological polar surface area (TPSA) is 110 Å². The molecule has 0 radical (unpaired) electrons. The number of carbonyl (C=O) groups is 1. The van der Waals surface area contributed by atoms with Crippen molar-refractivity contribution in [2.24, 2.45) is 0 Å². The van der Waals surface area contributed by atoms with Gasteiger partial charge < -0.3 is 20.5 Å². The third kappa shape index (κ3) is 2.60. The number of carbonyl (C=O) groups excluding carboxylic acids is 1. The number of β-amino-alcohol motifs (C(OH)–C–C–N with tert-alkyl or cyclic N) is 1. The SMILES string of the molecule is COC(=O)c1sc(N2CCC(O)C2)c(S(C)(=O)=O)c1N. The number of aliphatic hydroxyl groups is 1. The molecule has 0 bridgehead atoms. The molecule has 1 aromatic rings. The van der Waals surface area contributed by atoms with Gasteiger partial charge in [-0.2, -0.15) is 0 Å². The highest BCUT2D eigenvalue weighted by Gasteiger charge is 2.32. The maximum Gasteiger partial charge on any atom is 0.350 e. The molecular formula is C11H16N2O5S2. The Morgan fingerprint density at radius 3 is 2.65 bits per heavy atom. The van der Waals surface area contributed by atoms with Crippen LogP contribution in [0.15, 0.2) is 4.90 Å². The zero-order valence-corrected chi connectivity index (χ0v) is 12.8. The van der Waals surface area contributed by atoms with Crippen LogP contribution in [0.3, 0.4) is 0 Å². The molecule has 0 saturated carbocycles. The van der Waals surface area contributed by atoms with Gasteiger partial charge in [-0.3, -0.25) is 0 Å². The summed E-state index contributed by atoms with van der Waals surface area (Å²) in [5.74, 6) is -0.664. The van der Waals surface area contributed by atoms with E-state index in [4.69, 9.17) is 5.73 Å². The van der Waals surface area contributed by atoms with E-state index in [0.29, 0.717) is 24.5 Å². The number of esters is 1. The summed E-state index contributed by atoms with van der Waals surface area (Å²) in [6.07, 6.45) is 1.09. The van der Waals surface area contributed by atoms with E-state index in [1.54, 1.807) is 4.90 Å². The summed E-state index contributed by atoms with van der Waals surface area (Å²) < 4.78 is 28.5. The van der Waals surface area contributed by atoms with Gasteiger partial charge >= 0.3 is 5.97 Å². The lowest BCUT2D eigenvalue weighted by molar-refractivity contribution is 0.0607. The predicted molar refractivity (Wildman–Crippen MR) is 76.0 cm³/mol. The number of nitrogens with two attached hydrogens (primary N) is 1. The molecule has 1 fully saturated rings. The average molecular weight is 320 g/mol. The highest BCUT2D eigenvalue weighted by atomic mass is 32.2. The van der Waals surface area contributed by atoms with Crippen molar-refractivity contribution in [3.63, 3.8) is 0 Å². The number of ether oxygens (including phenoxy) is 1. The van der Waals surface area contributed by atoms with Gasteiger partial charge in [-0.05, 0) is 6.42 Å². The van der Waals surface area contributed by atoms with Crippen LogP contribution in [0.25, 0.3) is 0 Å². The first-order valence-corrected chi connectivity index (χ1v) is 8.60. The summed E-state index contributed by atoms with van der Waals surface area (Å²) in [5.41, 5.74) is 5.73. The van der Waals surface area contributed by atoms with Crippen molar-refractivity contribution in [2.45, 2.75) is 17.4 Å². The first-order valence-electron chi connectivity index (χ1n) is 5.89. The highest BCUT2D eigenvalue weighted by molar-refractivity contribution is 7.91. The van der Waals surface area contributed by atoms with E-state index in [0.717, 1.165) is 17.6 Å². The third-order valence-electron chi connectivity index (χ3n) is 3.07. The fourth-order valence-electron chi connectivity index (χ4n) is 2.15. The second-order valence-corrected chi connectivity index (χ2v) is 7.58. The summed E-state index contributed by atoms with van der Waals surface area (Å²) in [6, 6.07) is 0. The zero-order chi connectivity index (χ0) is 15.1. The van der Waals surface area contributed by atoms with Crippen molar-refractivity contribution in [3.8, 4) is 0 Å². The number of nitrogens with zero attached hydrogens (tertiary/aromatic N) is 1. The Labute approximate surface area is 120 Å². The van der Waals surface area contributed by atoms with E-state index >= 15 is 0 Å². The molecular weight excluding hydrogens is 304 g/mol. The maximum absolute atomic E-state index is 11.9. The van der Waals surface area contributed by atoms with Gasteiger partial charge in [0.2, 0.25) is 0 Å². The summed E-state index contributed by atoms with van der Waals surface area (Å²) in [5, 5.41) is 9.97. The Balaban J connectivity index is 2.58. The summed E-state index contributed by atoms with van der Waals surface area (Å²) >= 11 is 0.981. The first kappa shape index (κ1) is 15.1. The number of hydrogen-bond donors (Lipinski definition) is 2. The van der Waals surface area contributed by atoms with Gasteiger partial charge in [-0.1, -0.05) is 0 Å². The minimum absolute atomic E-state index is 0.0583. The molecule has 1 atom stereocenters. The zero-order valence-electron chi connectivity index (χ0n) is 11.1. The predicted octanol–water partition coefficient (Wildman–Crippen LogP) is 0.0914. The molecule has 0 aliphatic carbocycles. The molecule has 3 N–H and O–H groups in total. The Morgan fingerprint density at radius 2 is 2.20 bits per heavy atom. The van der Waals surface area contributed by atoms with E-state index in [1.165, 1.54) is 7.11 Å². The van der Waals surface area contributed by atoms with Crippen LogP contribution in [0.2, 0.25) is 0 Å². The van der Waals surface area contributed by atoms with Gasteiger partial charge in [0, 0.05) is 19.3 Å². The molecule has 1 aromatic heterocycles. The minimum Gasteiger partial charge on any atom is -0.465 e. The van der Waals surface area contributed by atoms with Gasteiger partial charge in [0.1, 0.15) is 14.8 Å². The summed E-state index contributed by atoms with van der Waals surface area (Å²) in [6.45, 7) is 0.841. The standard InChI is InChI=1S/C11H16N2O5S2/c1-18-11(15)8-7(12)9(20(2,16)17)10(19-8)13-4-3-6(14)5-13/h6,14H,3-5,12H2,1-2H3. The molecule has 20 heavy (non-hydrogen) atoms. The van der Waals surface area contributed by atoms with Crippen LogP contribution in [0.1, 0.15) is 16.1 Å². The molecule has 2 rings (SSSR count). The van der Waals surface area contributed by atoms with Crippen LogP contribution >= 0.6 is 11.3 Å². The molecule has 1 unspecified atom stereocenters. The number of thiophene rings is 1. The minimum atomic E-state index is -3.59. The Morgan fingerprint density at radius 1 is 1.55 bits per heavy atom. The lowest BCUT2D eigenvalue weighted by Gasteiger charge is -2.17. The Hall–Kier alpha value is -1.32. The molecule has 1 saturated heterocycles. The average Bonchev–Trinajstić information content (AvgIpc) is 2.91. The van der Waals surface area contributed by atoms with Crippen molar-refractivity contribution in [1.82, 2.24) is 0 Å². The first-order chi connectivity index (χ1) is 9.25. The number of hydrogen-bond acceptors (Lipinski definition) is 8. The lowest BCUT2D eigenvalue weighted by atomic mass is 10.3. The number of rotatable bonds is 3. The van der Waals surface area contributed by atoms with Crippen molar-refractivity contribution in [2.75, 3.05) is 37.1 Å². The van der Waals surface area contributed by atoms with Crippen LogP contribution < -0.4 is 10.6 Å². The molecule has 7 nitrogen and oxygen atoms in total. The molecule has 1 aliphatic heterocycles. The van der Waals surface area contributed by atoms with Crippen LogP contribution in [-0.2, 0) is 14.6 Å². The van der Waals surface area contributed by atoms with Crippen molar-refractivity contribution in [3.05, 3.63) is 4.88 Å². The van der Waals surface area contributed by atoms with E-state index in [1.807, 2.05) is 0 Å². The van der Waals surface area contributed by atoms with Gasteiger partial charge in [-0.15, -0.1) is 11.3 Å². The molecule has 1 aliphatic rings. The number of nitrogen functional groups attached to an aromatic ring is 1. The third-order valence-corrected chi connectivity index (χ3v) is 5.60.